The third kappa shape index (κ3) is 2.18. The highest BCUT2D eigenvalue weighted by atomic mass is 19.1. The van der Waals surface area contributed by atoms with Crippen molar-refractivity contribution in [2.24, 2.45) is 0 Å². The van der Waals surface area contributed by atoms with E-state index in [1.807, 2.05) is 0 Å². The predicted octanol–water partition coefficient (Wildman–Crippen LogP) is 2.68. The van der Waals surface area contributed by atoms with Gasteiger partial charge in [-0.05, 0) is 26.0 Å². The first kappa shape index (κ1) is 11.3. The molecule has 88 valence electrons. The fourth-order valence-corrected chi connectivity index (χ4v) is 1.35. The second kappa shape index (κ2) is 4.37. The van der Waals surface area contributed by atoms with Crippen molar-refractivity contribution in [1.29, 1.82) is 0 Å². The van der Waals surface area contributed by atoms with Crippen LogP contribution in [0.1, 0.15) is 21.6 Å². The molecular weight excluding hydrogens is 223 g/mol. The number of hydrogen-bond donors (Lipinski definition) is 1. The Morgan fingerprint density at radius 2 is 2.06 bits per heavy atom. The summed E-state index contributed by atoms with van der Waals surface area (Å²) >= 11 is 0. The Balaban J connectivity index is 2.23. The van der Waals surface area contributed by atoms with Gasteiger partial charge in [0.25, 0.3) is 5.91 Å². The molecule has 0 spiro atoms. The van der Waals surface area contributed by atoms with E-state index in [0.29, 0.717) is 5.69 Å². The summed E-state index contributed by atoms with van der Waals surface area (Å²) in [5.41, 5.74) is 1.39. The molecule has 0 bridgehead atoms. The largest absolute Gasteiger partial charge is 0.338 e. The fourth-order valence-electron chi connectivity index (χ4n) is 1.35. The zero-order valence-electron chi connectivity index (χ0n) is 9.45. The van der Waals surface area contributed by atoms with Crippen LogP contribution in [-0.4, -0.2) is 11.1 Å². The number of amides is 1. The summed E-state index contributed by atoms with van der Waals surface area (Å²) in [7, 11) is 0. The number of aromatic nitrogens is 1. The van der Waals surface area contributed by atoms with E-state index in [9.17, 15) is 9.18 Å². The van der Waals surface area contributed by atoms with Gasteiger partial charge in [0.1, 0.15) is 5.82 Å². The maximum absolute atomic E-state index is 13.3. The van der Waals surface area contributed by atoms with Crippen LogP contribution in [0.5, 0.6) is 0 Å². The molecule has 1 amide bonds. The minimum atomic E-state index is -0.570. The standard InChI is InChI=1S/C12H11FN2O2/c1-7-8(2)15-17-12(7)14-11(16)9-5-3-4-6-10(9)13/h3-6H,1-2H3,(H,14,16). The Kier molecular flexibility index (Phi) is 2.91. The molecule has 1 aromatic carbocycles. The van der Waals surface area contributed by atoms with Crippen LogP contribution in [0.3, 0.4) is 0 Å². The normalized spacial score (nSPS) is 10.3. The highest BCUT2D eigenvalue weighted by Crippen LogP contribution is 2.18. The summed E-state index contributed by atoms with van der Waals surface area (Å²) in [5, 5.41) is 6.18. The minimum absolute atomic E-state index is 0.0269. The molecule has 1 aromatic heterocycles. The van der Waals surface area contributed by atoms with Crippen LogP contribution in [0, 0.1) is 19.7 Å². The predicted molar refractivity (Wildman–Crippen MR) is 60.3 cm³/mol. The number of nitrogens with zero attached hydrogens (tertiary/aromatic N) is 1. The molecule has 1 heterocycles. The molecule has 0 radical (unpaired) electrons. The average Bonchev–Trinajstić information content (AvgIpc) is 2.61. The minimum Gasteiger partial charge on any atom is -0.338 e. The molecule has 0 unspecified atom stereocenters. The van der Waals surface area contributed by atoms with Crippen LogP contribution >= 0.6 is 0 Å². The van der Waals surface area contributed by atoms with Crippen molar-refractivity contribution in [2.75, 3.05) is 5.32 Å². The SMILES string of the molecule is Cc1noc(NC(=O)c2ccccc2F)c1C. The number of halogens is 1. The van der Waals surface area contributed by atoms with E-state index in [2.05, 4.69) is 10.5 Å². The van der Waals surface area contributed by atoms with E-state index < -0.39 is 11.7 Å². The lowest BCUT2D eigenvalue weighted by Crippen LogP contribution is -2.13. The van der Waals surface area contributed by atoms with Crippen molar-refractivity contribution in [1.82, 2.24) is 5.16 Å². The zero-order chi connectivity index (χ0) is 12.4. The van der Waals surface area contributed by atoms with Crippen molar-refractivity contribution in [2.45, 2.75) is 13.8 Å². The molecule has 0 saturated carbocycles. The van der Waals surface area contributed by atoms with Gasteiger partial charge in [-0.3, -0.25) is 10.1 Å². The molecule has 0 aliphatic carbocycles. The number of rotatable bonds is 2. The Bertz CT molecular complexity index is 563. The maximum atomic E-state index is 13.3. The lowest BCUT2D eigenvalue weighted by atomic mass is 10.2. The fraction of sp³-hybridized carbons (Fsp3) is 0.167. The average molecular weight is 234 g/mol. The van der Waals surface area contributed by atoms with E-state index in [4.69, 9.17) is 4.52 Å². The Morgan fingerprint density at radius 3 is 2.65 bits per heavy atom. The van der Waals surface area contributed by atoms with Crippen LogP contribution in [0.4, 0.5) is 10.3 Å². The number of carbonyl (C=O) groups is 1. The molecule has 4 nitrogen and oxygen atoms in total. The molecule has 0 aliphatic heterocycles. The molecule has 17 heavy (non-hydrogen) atoms. The first-order chi connectivity index (χ1) is 8.09. The molecule has 0 aliphatic rings. The molecule has 0 fully saturated rings. The van der Waals surface area contributed by atoms with Gasteiger partial charge < -0.3 is 4.52 Å². The van der Waals surface area contributed by atoms with Gasteiger partial charge in [0.05, 0.1) is 11.3 Å². The van der Waals surface area contributed by atoms with Gasteiger partial charge in [0.15, 0.2) is 0 Å². The van der Waals surface area contributed by atoms with Crippen molar-refractivity contribution >= 4 is 11.8 Å². The van der Waals surface area contributed by atoms with Crippen LogP contribution < -0.4 is 5.32 Å². The van der Waals surface area contributed by atoms with Crippen molar-refractivity contribution in [3.05, 3.63) is 46.9 Å². The molecule has 1 N–H and O–H groups in total. The highest BCUT2D eigenvalue weighted by molar-refractivity contribution is 6.04. The first-order valence-corrected chi connectivity index (χ1v) is 5.08. The van der Waals surface area contributed by atoms with Gasteiger partial charge in [-0.1, -0.05) is 17.3 Å². The summed E-state index contributed by atoms with van der Waals surface area (Å²) in [5.74, 6) is -0.878. The number of benzene rings is 1. The Hall–Kier alpha value is -2.17. The number of nitrogens with one attached hydrogen (secondary N) is 1. The summed E-state index contributed by atoms with van der Waals surface area (Å²) in [6, 6.07) is 5.75. The number of aryl methyl sites for hydroxylation is 1. The van der Waals surface area contributed by atoms with Gasteiger partial charge >= 0.3 is 0 Å². The van der Waals surface area contributed by atoms with Gasteiger partial charge in [-0.25, -0.2) is 4.39 Å². The molecule has 2 aromatic rings. The first-order valence-electron chi connectivity index (χ1n) is 5.08. The van der Waals surface area contributed by atoms with Gasteiger partial charge in [0, 0.05) is 5.56 Å². The number of hydrogen-bond acceptors (Lipinski definition) is 3. The zero-order valence-corrected chi connectivity index (χ0v) is 9.45. The Morgan fingerprint density at radius 1 is 1.35 bits per heavy atom. The molecular formula is C12H11FN2O2. The second-order valence-corrected chi connectivity index (χ2v) is 3.66. The third-order valence-corrected chi connectivity index (χ3v) is 2.50. The van der Waals surface area contributed by atoms with E-state index >= 15 is 0 Å². The summed E-state index contributed by atoms with van der Waals surface area (Å²) in [4.78, 5) is 11.8. The van der Waals surface area contributed by atoms with Gasteiger partial charge in [-0.15, -0.1) is 0 Å². The topological polar surface area (TPSA) is 55.1 Å². The third-order valence-electron chi connectivity index (χ3n) is 2.50. The van der Waals surface area contributed by atoms with E-state index in [0.717, 1.165) is 5.56 Å². The van der Waals surface area contributed by atoms with Crippen LogP contribution in [0.15, 0.2) is 28.8 Å². The Labute approximate surface area is 97.4 Å². The quantitative estimate of drug-likeness (QED) is 0.869. The lowest BCUT2D eigenvalue weighted by molar-refractivity contribution is 0.102. The molecule has 2 rings (SSSR count). The molecule has 5 heteroatoms. The van der Waals surface area contributed by atoms with E-state index in [-0.39, 0.29) is 11.4 Å². The monoisotopic (exact) mass is 234 g/mol. The molecule has 0 saturated heterocycles. The summed E-state index contributed by atoms with van der Waals surface area (Å²) in [6.45, 7) is 3.53. The van der Waals surface area contributed by atoms with Gasteiger partial charge in [0.2, 0.25) is 5.88 Å². The number of carbonyl (C=O) groups excluding carboxylic acids is 1. The van der Waals surface area contributed by atoms with Crippen LogP contribution in [0.25, 0.3) is 0 Å². The maximum Gasteiger partial charge on any atom is 0.261 e. The summed E-state index contributed by atoms with van der Waals surface area (Å²) in [6.07, 6.45) is 0. The van der Waals surface area contributed by atoms with Crippen LogP contribution in [0.2, 0.25) is 0 Å². The van der Waals surface area contributed by atoms with E-state index in [1.165, 1.54) is 18.2 Å². The van der Waals surface area contributed by atoms with Crippen molar-refractivity contribution < 1.29 is 13.7 Å². The van der Waals surface area contributed by atoms with Crippen molar-refractivity contribution in [3.8, 4) is 0 Å². The van der Waals surface area contributed by atoms with Gasteiger partial charge in [-0.2, -0.15) is 0 Å². The van der Waals surface area contributed by atoms with Crippen LogP contribution in [-0.2, 0) is 0 Å². The van der Waals surface area contributed by atoms with Crippen molar-refractivity contribution in [3.63, 3.8) is 0 Å². The molecule has 0 atom stereocenters. The lowest BCUT2D eigenvalue weighted by Gasteiger charge is -2.03. The van der Waals surface area contributed by atoms with E-state index in [1.54, 1.807) is 19.9 Å². The highest BCUT2D eigenvalue weighted by Gasteiger charge is 2.15. The summed E-state index contributed by atoms with van der Waals surface area (Å²) < 4.78 is 18.3. The number of anilines is 1. The second-order valence-electron chi connectivity index (χ2n) is 3.66. The smallest absolute Gasteiger partial charge is 0.261 e.